The molecule has 102 valence electrons. The zero-order valence-corrected chi connectivity index (χ0v) is 11.3. The second-order valence-corrected chi connectivity index (χ2v) is 4.84. The maximum Gasteiger partial charge on any atom is 0.133 e. The number of rotatable bonds is 7. The molecule has 2 N–H and O–H groups in total. The second-order valence-electron chi connectivity index (χ2n) is 4.84. The molecule has 0 aliphatic rings. The molecule has 0 saturated heterocycles. The molecule has 3 heteroatoms. The number of aliphatic hydroxyl groups excluding tert-OH is 1. The van der Waals surface area contributed by atoms with Gasteiger partial charge in [0.05, 0.1) is 6.26 Å². The Morgan fingerprint density at radius 2 is 1.95 bits per heavy atom. The van der Waals surface area contributed by atoms with Gasteiger partial charge in [0.15, 0.2) is 0 Å². The highest BCUT2D eigenvalue weighted by Crippen LogP contribution is 2.17. The van der Waals surface area contributed by atoms with Gasteiger partial charge in [0, 0.05) is 6.54 Å². The lowest BCUT2D eigenvalue weighted by Gasteiger charge is -2.13. The van der Waals surface area contributed by atoms with E-state index >= 15 is 0 Å². The molecule has 0 spiro atoms. The lowest BCUT2D eigenvalue weighted by Crippen LogP contribution is -2.23. The van der Waals surface area contributed by atoms with Gasteiger partial charge in [-0.2, -0.15) is 0 Å². The van der Waals surface area contributed by atoms with Crippen molar-refractivity contribution in [1.29, 1.82) is 0 Å². The van der Waals surface area contributed by atoms with Crippen LogP contribution >= 0.6 is 0 Å². The van der Waals surface area contributed by atoms with Crippen molar-refractivity contribution in [3.8, 4) is 0 Å². The van der Waals surface area contributed by atoms with Crippen LogP contribution in [0.1, 0.15) is 36.7 Å². The van der Waals surface area contributed by atoms with Crippen LogP contribution in [0.15, 0.2) is 53.1 Å². The van der Waals surface area contributed by atoms with E-state index in [0.717, 1.165) is 13.0 Å². The van der Waals surface area contributed by atoms with Crippen LogP contribution in [0.2, 0.25) is 0 Å². The Balaban J connectivity index is 1.67. The van der Waals surface area contributed by atoms with E-state index in [0.29, 0.717) is 18.2 Å². The Labute approximate surface area is 114 Å². The number of hydrogen-bond acceptors (Lipinski definition) is 3. The van der Waals surface area contributed by atoms with Crippen molar-refractivity contribution >= 4 is 0 Å². The van der Waals surface area contributed by atoms with Gasteiger partial charge in [-0.05, 0) is 36.6 Å². The molecule has 0 radical (unpaired) electrons. The normalized spacial score (nSPS) is 14.2. The predicted molar refractivity (Wildman–Crippen MR) is 76.0 cm³/mol. The van der Waals surface area contributed by atoms with Crippen LogP contribution in [0, 0.1) is 0 Å². The Hall–Kier alpha value is -1.58. The second kappa shape index (κ2) is 7.12. The molecule has 2 unspecified atom stereocenters. The van der Waals surface area contributed by atoms with Gasteiger partial charge in [-0.25, -0.2) is 0 Å². The highest BCUT2D eigenvalue weighted by Gasteiger charge is 2.10. The van der Waals surface area contributed by atoms with Crippen LogP contribution in [0.5, 0.6) is 0 Å². The van der Waals surface area contributed by atoms with E-state index < -0.39 is 6.10 Å². The summed E-state index contributed by atoms with van der Waals surface area (Å²) in [5.74, 6) is 1.14. The molecule has 0 bridgehead atoms. The van der Waals surface area contributed by atoms with E-state index in [9.17, 15) is 5.11 Å². The van der Waals surface area contributed by atoms with E-state index in [1.54, 1.807) is 18.4 Å². The summed E-state index contributed by atoms with van der Waals surface area (Å²) in [4.78, 5) is 0. The number of nitrogens with one attached hydrogen (secondary N) is 1. The third-order valence-corrected chi connectivity index (χ3v) is 3.33. The summed E-state index contributed by atoms with van der Waals surface area (Å²) in [6, 6.07) is 14.1. The standard InChI is InChI=1S/C16H21NO2/c1-13(14-6-3-2-4-7-14)9-10-17-12-15(18)16-8-5-11-19-16/h2-8,11,13,15,17-18H,9-10,12H2,1H3. The molecule has 1 aromatic heterocycles. The quantitative estimate of drug-likeness (QED) is 0.751. The van der Waals surface area contributed by atoms with Gasteiger partial charge in [-0.15, -0.1) is 0 Å². The lowest BCUT2D eigenvalue weighted by atomic mass is 9.98. The molecule has 0 fully saturated rings. The van der Waals surface area contributed by atoms with Gasteiger partial charge >= 0.3 is 0 Å². The first-order valence-electron chi connectivity index (χ1n) is 6.74. The highest BCUT2D eigenvalue weighted by molar-refractivity contribution is 5.18. The molecular formula is C16H21NO2. The van der Waals surface area contributed by atoms with Crippen molar-refractivity contribution in [2.75, 3.05) is 13.1 Å². The van der Waals surface area contributed by atoms with Crippen molar-refractivity contribution in [1.82, 2.24) is 5.32 Å². The summed E-state index contributed by atoms with van der Waals surface area (Å²) in [5.41, 5.74) is 1.36. The highest BCUT2D eigenvalue weighted by atomic mass is 16.4. The fraction of sp³-hybridized carbons (Fsp3) is 0.375. The van der Waals surface area contributed by atoms with Crippen molar-refractivity contribution in [2.45, 2.75) is 25.4 Å². The monoisotopic (exact) mass is 259 g/mol. The zero-order valence-electron chi connectivity index (χ0n) is 11.3. The van der Waals surface area contributed by atoms with Crippen molar-refractivity contribution in [3.05, 3.63) is 60.1 Å². The Morgan fingerprint density at radius 1 is 1.16 bits per heavy atom. The molecular weight excluding hydrogens is 238 g/mol. The zero-order chi connectivity index (χ0) is 13.5. The third kappa shape index (κ3) is 4.23. The number of aliphatic hydroxyl groups is 1. The molecule has 1 heterocycles. The minimum atomic E-state index is -0.568. The van der Waals surface area contributed by atoms with Crippen LogP contribution < -0.4 is 5.32 Å². The molecule has 2 aromatic rings. The van der Waals surface area contributed by atoms with Crippen molar-refractivity contribution in [3.63, 3.8) is 0 Å². The molecule has 1 aromatic carbocycles. The van der Waals surface area contributed by atoms with Gasteiger partial charge in [0.25, 0.3) is 0 Å². The summed E-state index contributed by atoms with van der Waals surface area (Å²) < 4.78 is 5.15. The average molecular weight is 259 g/mol. The van der Waals surface area contributed by atoms with E-state index in [-0.39, 0.29) is 0 Å². The molecule has 0 aliphatic heterocycles. The van der Waals surface area contributed by atoms with E-state index in [4.69, 9.17) is 4.42 Å². The van der Waals surface area contributed by atoms with Gasteiger partial charge in [0.1, 0.15) is 11.9 Å². The van der Waals surface area contributed by atoms with Crippen LogP contribution in [0.25, 0.3) is 0 Å². The molecule has 19 heavy (non-hydrogen) atoms. The Morgan fingerprint density at radius 3 is 2.63 bits per heavy atom. The molecule has 0 aliphatic carbocycles. The molecule has 3 nitrogen and oxygen atoms in total. The fourth-order valence-corrected chi connectivity index (χ4v) is 2.09. The SMILES string of the molecule is CC(CCNCC(O)c1ccco1)c1ccccc1. The van der Waals surface area contributed by atoms with Crippen LogP contribution in [0.3, 0.4) is 0 Å². The Bertz CT molecular complexity index is 453. The summed E-state index contributed by atoms with van der Waals surface area (Å²) in [5, 5.41) is 13.1. The predicted octanol–water partition coefficient (Wildman–Crippen LogP) is 3.10. The minimum absolute atomic E-state index is 0.523. The van der Waals surface area contributed by atoms with Crippen molar-refractivity contribution < 1.29 is 9.52 Å². The van der Waals surface area contributed by atoms with Gasteiger partial charge in [-0.3, -0.25) is 0 Å². The maximum absolute atomic E-state index is 9.84. The largest absolute Gasteiger partial charge is 0.467 e. The first kappa shape index (κ1) is 13.8. The minimum Gasteiger partial charge on any atom is -0.467 e. The first-order valence-corrected chi connectivity index (χ1v) is 6.74. The van der Waals surface area contributed by atoms with Crippen molar-refractivity contribution in [2.24, 2.45) is 0 Å². The lowest BCUT2D eigenvalue weighted by molar-refractivity contribution is 0.147. The van der Waals surface area contributed by atoms with Gasteiger partial charge < -0.3 is 14.8 Å². The number of hydrogen-bond donors (Lipinski definition) is 2. The molecule has 0 saturated carbocycles. The first-order chi connectivity index (χ1) is 9.27. The number of furan rings is 1. The molecule has 2 atom stereocenters. The summed E-state index contributed by atoms with van der Waals surface area (Å²) in [6.45, 7) is 3.63. The maximum atomic E-state index is 9.84. The summed E-state index contributed by atoms with van der Waals surface area (Å²) >= 11 is 0. The molecule has 2 rings (SSSR count). The third-order valence-electron chi connectivity index (χ3n) is 3.33. The van der Waals surface area contributed by atoms with Gasteiger partial charge in [-0.1, -0.05) is 37.3 Å². The van der Waals surface area contributed by atoms with Gasteiger partial charge in [0.2, 0.25) is 0 Å². The molecule has 0 amide bonds. The van der Waals surface area contributed by atoms with Crippen LogP contribution in [-0.2, 0) is 0 Å². The van der Waals surface area contributed by atoms with E-state index in [1.807, 2.05) is 6.07 Å². The van der Waals surface area contributed by atoms with E-state index in [1.165, 1.54) is 5.56 Å². The number of benzene rings is 1. The van der Waals surface area contributed by atoms with Crippen LogP contribution in [-0.4, -0.2) is 18.2 Å². The summed E-state index contributed by atoms with van der Waals surface area (Å²) in [7, 11) is 0. The van der Waals surface area contributed by atoms with E-state index in [2.05, 4.69) is 36.5 Å². The summed E-state index contributed by atoms with van der Waals surface area (Å²) in [6.07, 6.45) is 2.06. The Kier molecular flexibility index (Phi) is 5.19. The average Bonchev–Trinajstić information content (AvgIpc) is 2.98. The van der Waals surface area contributed by atoms with Crippen LogP contribution in [0.4, 0.5) is 0 Å². The topological polar surface area (TPSA) is 45.4 Å². The smallest absolute Gasteiger partial charge is 0.133 e. The fourth-order valence-electron chi connectivity index (χ4n) is 2.09.